The first-order chi connectivity index (χ1) is 15.5. The van der Waals surface area contributed by atoms with Crippen LogP contribution in [0.2, 0.25) is 0 Å². The summed E-state index contributed by atoms with van der Waals surface area (Å²) in [6, 6.07) is 15.5. The molecular formula is C22H18N2O9. The Kier molecular flexibility index (Phi) is 7.56. The van der Waals surface area contributed by atoms with E-state index in [4.69, 9.17) is 36.6 Å². The highest BCUT2D eigenvalue weighted by Crippen LogP contribution is 2.23. The van der Waals surface area contributed by atoms with Crippen molar-refractivity contribution < 1.29 is 44.3 Å². The quantitative estimate of drug-likeness (QED) is 0.298. The molecule has 170 valence electrons. The van der Waals surface area contributed by atoms with Crippen LogP contribution in [0.4, 0.5) is 11.4 Å². The zero-order valence-electron chi connectivity index (χ0n) is 16.8. The summed E-state index contributed by atoms with van der Waals surface area (Å²) in [5.74, 6) is -5.12. The fourth-order valence-corrected chi connectivity index (χ4v) is 2.52. The van der Waals surface area contributed by atoms with Gasteiger partial charge in [-0.3, -0.25) is 0 Å². The number of rotatable bonds is 6. The van der Waals surface area contributed by atoms with E-state index < -0.39 is 46.1 Å². The Hall–Kier alpha value is -5.06. The van der Waals surface area contributed by atoms with Crippen molar-refractivity contribution in [3.8, 4) is 11.5 Å². The fraction of sp³-hybridized carbons (Fsp3) is 0. The van der Waals surface area contributed by atoms with E-state index in [0.29, 0.717) is 12.1 Å². The highest BCUT2D eigenvalue weighted by molar-refractivity contribution is 6.09. The summed E-state index contributed by atoms with van der Waals surface area (Å²) in [7, 11) is 0. The third-order valence-electron chi connectivity index (χ3n) is 4.08. The molecule has 11 nitrogen and oxygen atoms in total. The van der Waals surface area contributed by atoms with Crippen molar-refractivity contribution in [3.05, 3.63) is 82.9 Å². The van der Waals surface area contributed by atoms with Crippen molar-refractivity contribution in [2.75, 3.05) is 11.5 Å². The third kappa shape index (κ3) is 6.46. The zero-order valence-corrected chi connectivity index (χ0v) is 16.8. The molecule has 0 fully saturated rings. The van der Waals surface area contributed by atoms with Gasteiger partial charge in [-0.15, -0.1) is 0 Å². The Labute approximate surface area is 186 Å². The number of anilines is 2. The number of nitrogens with two attached hydrogens (primary N) is 2. The van der Waals surface area contributed by atoms with Crippen LogP contribution in [-0.4, -0.2) is 44.3 Å². The lowest BCUT2D eigenvalue weighted by molar-refractivity contribution is 0.0637. The lowest BCUT2D eigenvalue weighted by Crippen LogP contribution is -2.15. The average molecular weight is 454 g/mol. The van der Waals surface area contributed by atoms with Gasteiger partial charge in [-0.1, -0.05) is 0 Å². The molecule has 0 heterocycles. The Morgan fingerprint density at radius 3 is 0.970 bits per heavy atom. The number of hydrogen-bond donors (Lipinski definition) is 6. The molecule has 0 saturated carbocycles. The standard InChI is InChI=1S/C12H12N2O.C10H6O8/c13-9-1-5-11(6-2-9)15-12-7-3-10(14)4-8-12;11-7(12)3-1-4(8(13)14)6(10(17)18)2-5(3)9(15)16/h1-8H,13-14H2;1-2H,(H,11,12)(H,13,14)(H,15,16)(H,17,18). The summed E-state index contributed by atoms with van der Waals surface area (Å²) in [5.41, 5.74) is 9.43. The van der Waals surface area contributed by atoms with Gasteiger partial charge in [-0.05, 0) is 60.7 Å². The van der Waals surface area contributed by atoms with Crippen LogP contribution in [0, 0.1) is 0 Å². The van der Waals surface area contributed by atoms with Gasteiger partial charge < -0.3 is 36.6 Å². The Morgan fingerprint density at radius 2 is 0.758 bits per heavy atom. The van der Waals surface area contributed by atoms with Gasteiger partial charge in [-0.2, -0.15) is 0 Å². The predicted octanol–water partition coefficient (Wildman–Crippen LogP) is 3.12. The first-order valence-corrected chi connectivity index (χ1v) is 8.99. The molecule has 0 aliphatic rings. The minimum absolute atomic E-state index is 0.511. The molecule has 8 N–H and O–H groups in total. The molecule has 0 saturated heterocycles. The van der Waals surface area contributed by atoms with Crippen molar-refractivity contribution in [2.24, 2.45) is 0 Å². The molecule has 0 spiro atoms. The summed E-state index contributed by atoms with van der Waals surface area (Å²) in [4.78, 5) is 43.1. The molecule has 33 heavy (non-hydrogen) atoms. The Morgan fingerprint density at radius 1 is 0.515 bits per heavy atom. The molecule has 0 radical (unpaired) electrons. The second-order valence-electron chi connectivity index (χ2n) is 6.40. The molecule has 0 bridgehead atoms. The average Bonchev–Trinajstić information content (AvgIpc) is 2.76. The summed E-state index contributed by atoms with van der Waals surface area (Å²) in [5, 5.41) is 35.0. The Bertz CT molecular complexity index is 1060. The molecule has 3 aromatic carbocycles. The lowest BCUT2D eigenvalue weighted by atomic mass is 9.98. The van der Waals surface area contributed by atoms with E-state index in [9.17, 15) is 19.2 Å². The number of hydrogen-bond acceptors (Lipinski definition) is 7. The maximum Gasteiger partial charge on any atom is 0.336 e. The van der Waals surface area contributed by atoms with E-state index in [0.717, 1.165) is 22.9 Å². The van der Waals surface area contributed by atoms with Crippen LogP contribution >= 0.6 is 0 Å². The number of carboxylic acid groups (broad SMARTS) is 4. The summed E-state index contributed by atoms with van der Waals surface area (Å²) in [6.45, 7) is 0. The SMILES string of the molecule is Nc1ccc(Oc2ccc(N)cc2)cc1.O=C(O)c1cc(C(=O)O)c(C(=O)O)cc1C(=O)O. The zero-order chi connectivity index (χ0) is 24.7. The van der Waals surface area contributed by atoms with Gasteiger partial charge in [0.1, 0.15) is 11.5 Å². The molecule has 0 amide bonds. The predicted molar refractivity (Wildman–Crippen MR) is 116 cm³/mol. The van der Waals surface area contributed by atoms with E-state index in [2.05, 4.69) is 0 Å². The van der Waals surface area contributed by atoms with E-state index in [-0.39, 0.29) is 0 Å². The van der Waals surface area contributed by atoms with Crippen LogP contribution in [0.25, 0.3) is 0 Å². The van der Waals surface area contributed by atoms with Crippen molar-refractivity contribution >= 4 is 35.3 Å². The number of carbonyl (C=O) groups is 4. The number of aromatic carboxylic acids is 4. The largest absolute Gasteiger partial charge is 0.478 e. The van der Waals surface area contributed by atoms with Gasteiger partial charge in [-0.25, -0.2) is 19.2 Å². The van der Waals surface area contributed by atoms with Crippen LogP contribution in [0.3, 0.4) is 0 Å². The third-order valence-corrected chi connectivity index (χ3v) is 4.08. The van der Waals surface area contributed by atoms with Gasteiger partial charge >= 0.3 is 23.9 Å². The van der Waals surface area contributed by atoms with E-state index in [1.165, 1.54) is 0 Å². The van der Waals surface area contributed by atoms with Crippen LogP contribution in [-0.2, 0) is 0 Å². The van der Waals surface area contributed by atoms with Crippen LogP contribution in [0.1, 0.15) is 41.4 Å². The molecule has 3 aromatic rings. The summed E-state index contributed by atoms with van der Waals surface area (Å²) < 4.78 is 5.58. The summed E-state index contributed by atoms with van der Waals surface area (Å²) >= 11 is 0. The molecule has 3 rings (SSSR count). The topological polar surface area (TPSA) is 210 Å². The van der Waals surface area contributed by atoms with Crippen molar-refractivity contribution in [3.63, 3.8) is 0 Å². The summed E-state index contributed by atoms with van der Waals surface area (Å²) in [6.07, 6.45) is 0. The number of benzene rings is 3. The highest BCUT2D eigenvalue weighted by Gasteiger charge is 2.24. The molecule has 11 heteroatoms. The molecule has 0 aliphatic carbocycles. The molecule has 0 atom stereocenters. The van der Waals surface area contributed by atoms with Crippen LogP contribution in [0.5, 0.6) is 11.5 Å². The molecule has 0 aliphatic heterocycles. The minimum atomic E-state index is -1.66. The minimum Gasteiger partial charge on any atom is -0.478 e. The van der Waals surface area contributed by atoms with E-state index in [1.54, 1.807) is 24.3 Å². The first-order valence-electron chi connectivity index (χ1n) is 8.99. The second kappa shape index (κ2) is 10.3. The van der Waals surface area contributed by atoms with Gasteiger partial charge in [0.05, 0.1) is 22.3 Å². The van der Waals surface area contributed by atoms with Crippen LogP contribution < -0.4 is 16.2 Å². The number of nitrogen functional groups attached to an aromatic ring is 2. The van der Waals surface area contributed by atoms with Gasteiger partial charge in [0.2, 0.25) is 0 Å². The smallest absolute Gasteiger partial charge is 0.336 e. The monoisotopic (exact) mass is 454 g/mol. The first kappa shape index (κ1) is 24.2. The fourth-order valence-electron chi connectivity index (χ4n) is 2.52. The number of carboxylic acids is 4. The van der Waals surface area contributed by atoms with Gasteiger partial charge in [0.15, 0.2) is 0 Å². The molecule has 0 aromatic heterocycles. The van der Waals surface area contributed by atoms with E-state index in [1.807, 2.05) is 24.3 Å². The van der Waals surface area contributed by atoms with Crippen molar-refractivity contribution in [2.45, 2.75) is 0 Å². The highest BCUT2D eigenvalue weighted by atomic mass is 16.5. The molecule has 0 unspecified atom stereocenters. The van der Waals surface area contributed by atoms with Crippen LogP contribution in [0.15, 0.2) is 60.7 Å². The maximum absolute atomic E-state index is 10.8. The second-order valence-corrected chi connectivity index (χ2v) is 6.40. The Balaban J connectivity index is 0.000000237. The normalized spacial score (nSPS) is 9.82. The lowest BCUT2D eigenvalue weighted by Gasteiger charge is -2.06. The van der Waals surface area contributed by atoms with Gasteiger partial charge in [0, 0.05) is 11.4 Å². The van der Waals surface area contributed by atoms with Crippen molar-refractivity contribution in [1.29, 1.82) is 0 Å². The maximum atomic E-state index is 10.8. The van der Waals surface area contributed by atoms with E-state index >= 15 is 0 Å². The molecular weight excluding hydrogens is 436 g/mol. The van der Waals surface area contributed by atoms with Crippen molar-refractivity contribution in [1.82, 2.24) is 0 Å². The van der Waals surface area contributed by atoms with Gasteiger partial charge in [0.25, 0.3) is 0 Å². The number of ether oxygens (including phenoxy) is 1.